The number of ether oxygens (including phenoxy) is 5. The summed E-state index contributed by atoms with van der Waals surface area (Å²) in [5.41, 5.74) is 0.892. The molecule has 0 aromatic rings. The highest BCUT2D eigenvalue weighted by Crippen LogP contribution is 2.15. The second-order valence-corrected chi connectivity index (χ2v) is 6.80. The van der Waals surface area contributed by atoms with E-state index in [1.54, 1.807) is 20.3 Å². The van der Waals surface area contributed by atoms with Gasteiger partial charge in [-0.2, -0.15) is 0 Å². The van der Waals surface area contributed by atoms with Gasteiger partial charge in [-0.3, -0.25) is 14.6 Å². The van der Waals surface area contributed by atoms with Crippen LogP contribution in [0.3, 0.4) is 0 Å². The number of carbonyl (C=O) groups excluding carboxylic acids is 2. The first-order chi connectivity index (χ1) is 15.9. The van der Waals surface area contributed by atoms with Gasteiger partial charge in [0.2, 0.25) is 0 Å². The van der Waals surface area contributed by atoms with Crippen LogP contribution in [0, 0.1) is 5.92 Å². The number of Topliss-reactive ketones (excluding diaryl/α,β-unsaturated/α-hetero) is 1. The van der Waals surface area contributed by atoms with Gasteiger partial charge in [0.15, 0.2) is 5.78 Å². The van der Waals surface area contributed by atoms with Crippen LogP contribution in [-0.4, -0.2) is 78.9 Å². The topological polar surface area (TPSA) is 92.7 Å². The third kappa shape index (κ3) is 32.3. The number of allylic oxidation sites excluding steroid dienone is 2. The van der Waals surface area contributed by atoms with Gasteiger partial charge in [0.25, 0.3) is 0 Å². The molecule has 0 rings (SSSR count). The van der Waals surface area contributed by atoms with Crippen LogP contribution >= 0.6 is 0 Å². The highest BCUT2D eigenvalue weighted by atomic mass is 16.5. The maximum absolute atomic E-state index is 11.4. The van der Waals surface area contributed by atoms with E-state index < -0.39 is 0 Å². The lowest BCUT2D eigenvalue weighted by Crippen LogP contribution is -2.14. The van der Waals surface area contributed by atoms with E-state index in [4.69, 9.17) is 14.2 Å². The molecule has 8 nitrogen and oxygen atoms in total. The van der Waals surface area contributed by atoms with Crippen molar-refractivity contribution in [1.29, 1.82) is 0 Å². The van der Waals surface area contributed by atoms with Crippen molar-refractivity contribution in [2.45, 2.75) is 60.8 Å². The van der Waals surface area contributed by atoms with E-state index >= 15 is 0 Å². The van der Waals surface area contributed by atoms with Gasteiger partial charge in [-0.25, -0.2) is 0 Å². The number of unbranched alkanes of at least 4 members (excludes halogenated alkanes) is 1. The Hall–Kier alpha value is -1.87. The van der Waals surface area contributed by atoms with Crippen molar-refractivity contribution in [2.75, 3.05) is 61.0 Å². The number of carbonyl (C=O) groups is 2. The molecule has 0 radical (unpaired) electrons. The molecular weight excluding hydrogens is 438 g/mol. The molecule has 0 saturated heterocycles. The van der Waals surface area contributed by atoms with Crippen molar-refractivity contribution in [3.8, 4) is 0 Å². The summed E-state index contributed by atoms with van der Waals surface area (Å²) in [4.78, 5) is 25.9. The predicted octanol–water partition coefficient (Wildman–Crippen LogP) is 5.06. The number of hydrogen-bond donors (Lipinski definition) is 0. The number of esters is 1. The number of hydrogen-bond acceptors (Lipinski definition) is 8. The Labute approximate surface area is 208 Å². The number of rotatable bonds is 17. The van der Waals surface area contributed by atoms with Crippen molar-refractivity contribution in [3.05, 3.63) is 24.4 Å². The number of nitrogens with zero attached hydrogens (tertiary/aromatic N) is 1. The zero-order valence-electron chi connectivity index (χ0n) is 21.9. The predicted molar refractivity (Wildman–Crippen MR) is 141 cm³/mol. The van der Waals surface area contributed by atoms with Crippen molar-refractivity contribution in [3.63, 3.8) is 0 Å². The number of methoxy groups -OCH3 is 3. The molecule has 202 valence electrons. The van der Waals surface area contributed by atoms with E-state index in [9.17, 15) is 9.59 Å². The summed E-state index contributed by atoms with van der Waals surface area (Å²) in [6.07, 6.45) is 9.05. The maximum atomic E-state index is 11.4. The summed E-state index contributed by atoms with van der Waals surface area (Å²) >= 11 is 0. The summed E-state index contributed by atoms with van der Waals surface area (Å²) in [5, 5.41) is 0. The van der Waals surface area contributed by atoms with Gasteiger partial charge in [-0.15, -0.1) is 6.58 Å². The Balaban J connectivity index is -0.000000213. The maximum Gasteiger partial charge on any atom is 0.312 e. The van der Waals surface area contributed by atoms with Gasteiger partial charge in [-0.05, 0) is 26.7 Å². The Kier molecular flexibility index (Phi) is 38.5. The lowest BCUT2D eigenvalue weighted by molar-refractivity contribution is -0.143. The second kappa shape index (κ2) is 33.3. The normalized spacial score (nSPS) is 11.3. The minimum Gasteiger partial charge on any atom is -0.469 e. The smallest absolute Gasteiger partial charge is 0.312 e. The molecule has 0 N–H and O–H groups in total. The quantitative estimate of drug-likeness (QED) is 0.122. The van der Waals surface area contributed by atoms with E-state index in [0.29, 0.717) is 26.2 Å². The summed E-state index contributed by atoms with van der Waals surface area (Å²) in [7, 11) is 4.65. The molecule has 8 heteroatoms. The third-order valence-electron chi connectivity index (χ3n) is 3.74. The van der Waals surface area contributed by atoms with Gasteiger partial charge in [0.1, 0.15) is 6.61 Å². The van der Waals surface area contributed by atoms with Crippen LogP contribution in [0.4, 0.5) is 0 Å². The molecule has 0 amide bonds. The van der Waals surface area contributed by atoms with Gasteiger partial charge in [0.05, 0.1) is 39.5 Å². The molecule has 0 aromatic heterocycles. The van der Waals surface area contributed by atoms with Crippen LogP contribution < -0.4 is 0 Å². The molecule has 0 saturated carbocycles. The fourth-order valence-corrected chi connectivity index (χ4v) is 1.94. The average molecular weight is 490 g/mol. The molecule has 1 unspecified atom stereocenters. The second-order valence-electron chi connectivity index (χ2n) is 6.80. The summed E-state index contributed by atoms with van der Waals surface area (Å²) in [6, 6.07) is 0. The summed E-state index contributed by atoms with van der Waals surface area (Å²) in [6.45, 7) is 14.8. The van der Waals surface area contributed by atoms with Crippen molar-refractivity contribution >= 4 is 18.0 Å². The molecule has 0 aliphatic heterocycles. The molecule has 0 spiro atoms. The monoisotopic (exact) mass is 489 g/mol. The van der Waals surface area contributed by atoms with Gasteiger partial charge < -0.3 is 23.7 Å². The largest absolute Gasteiger partial charge is 0.469 e. The minimum absolute atomic E-state index is 0. The summed E-state index contributed by atoms with van der Waals surface area (Å²) < 4.78 is 24.1. The van der Waals surface area contributed by atoms with E-state index in [0.717, 1.165) is 38.2 Å². The third-order valence-corrected chi connectivity index (χ3v) is 3.74. The average Bonchev–Trinajstić information content (AvgIpc) is 2.82. The number of aliphatic imine (C=N–C) groups is 1. The molecule has 0 aliphatic carbocycles. The lowest BCUT2D eigenvalue weighted by atomic mass is 10.0. The molecule has 0 fully saturated rings. The van der Waals surface area contributed by atoms with E-state index in [2.05, 4.69) is 34.9 Å². The standard InChI is InChI=1S/C13H21NO2.C6H12O3.C6H14O2.CH4/c1-5-8-9-14-12(7-3)10-11(6-2)13(15)16-4;1-6(7)5-9-4-3-8-2;1-3-4-8-6-5-7-2;/h6-7,9,11H,2,5,8,10H2,1,3-4H3;3-5H2,1-2H3;3-6H2,1-2H3;1H4/b12-7-,14-9?;;;. The van der Waals surface area contributed by atoms with Gasteiger partial charge >= 0.3 is 5.97 Å². The fraction of sp³-hybridized carbons (Fsp3) is 0.731. The first kappa shape index (κ1) is 39.3. The Morgan fingerprint density at radius 2 is 1.53 bits per heavy atom. The minimum atomic E-state index is -0.310. The van der Waals surface area contributed by atoms with E-state index in [1.165, 1.54) is 14.0 Å². The molecule has 0 aliphatic rings. The van der Waals surface area contributed by atoms with Gasteiger partial charge in [-0.1, -0.05) is 39.8 Å². The fourth-order valence-electron chi connectivity index (χ4n) is 1.94. The Morgan fingerprint density at radius 3 is 1.94 bits per heavy atom. The molecule has 0 bridgehead atoms. The Bertz CT molecular complexity index is 513. The highest BCUT2D eigenvalue weighted by molar-refractivity contribution is 5.76. The first-order valence-corrected chi connectivity index (χ1v) is 11.4. The first-order valence-electron chi connectivity index (χ1n) is 11.4. The highest BCUT2D eigenvalue weighted by Gasteiger charge is 2.16. The van der Waals surface area contributed by atoms with Crippen LogP contribution in [0.1, 0.15) is 60.8 Å². The molecule has 34 heavy (non-hydrogen) atoms. The van der Waals surface area contributed by atoms with Crippen LogP contribution in [-0.2, 0) is 33.3 Å². The van der Waals surface area contributed by atoms with Gasteiger partial charge in [0, 0.05) is 39.2 Å². The van der Waals surface area contributed by atoms with Crippen LogP contribution in [0.2, 0.25) is 0 Å². The van der Waals surface area contributed by atoms with Crippen molar-refractivity contribution in [2.24, 2.45) is 10.9 Å². The molecule has 1 atom stereocenters. The molecule has 0 aromatic carbocycles. The summed E-state index contributed by atoms with van der Waals surface area (Å²) in [5.74, 6) is -0.527. The van der Waals surface area contributed by atoms with E-state index in [-0.39, 0.29) is 31.7 Å². The van der Waals surface area contributed by atoms with Crippen LogP contribution in [0.5, 0.6) is 0 Å². The number of ketones is 1. The van der Waals surface area contributed by atoms with Crippen LogP contribution in [0.25, 0.3) is 0 Å². The van der Waals surface area contributed by atoms with E-state index in [1.807, 2.05) is 19.2 Å². The SMILES string of the molecule is C.C=CC(C/C(=C/C)N=CCCC)C(=O)OC.CCCOCCOC.COCCOCC(C)=O. The van der Waals surface area contributed by atoms with Crippen molar-refractivity contribution < 1.29 is 33.3 Å². The zero-order chi connectivity index (χ0) is 25.7. The molecule has 0 heterocycles. The van der Waals surface area contributed by atoms with Crippen LogP contribution in [0.15, 0.2) is 29.4 Å². The molecular formula is C26H51NO7. The zero-order valence-corrected chi connectivity index (χ0v) is 21.9. The van der Waals surface area contributed by atoms with Crippen molar-refractivity contribution in [1.82, 2.24) is 0 Å². The lowest BCUT2D eigenvalue weighted by Gasteiger charge is -2.09. The Morgan fingerprint density at radius 1 is 0.941 bits per heavy atom.